The molecule has 0 fully saturated rings. The molecule has 0 bridgehead atoms. The summed E-state index contributed by atoms with van der Waals surface area (Å²) in [5, 5.41) is 5.42. The summed E-state index contributed by atoms with van der Waals surface area (Å²) in [5.74, 6) is -0.354. The molecule has 9 heteroatoms. The first-order valence-corrected chi connectivity index (χ1v) is 9.02. The van der Waals surface area contributed by atoms with Gasteiger partial charge in [0.2, 0.25) is 0 Å². The lowest BCUT2D eigenvalue weighted by molar-refractivity contribution is 0.252. The maximum atomic E-state index is 14.2. The lowest BCUT2D eigenvalue weighted by Crippen LogP contribution is -2.29. The predicted octanol–water partition coefficient (Wildman–Crippen LogP) is 3.34. The number of halogens is 2. The third kappa shape index (κ3) is 3.69. The maximum absolute atomic E-state index is 14.2. The molecular weight excluding hydrogens is 385 g/mol. The lowest BCUT2D eigenvalue weighted by atomic mass is 10.2. The third-order valence-corrected chi connectivity index (χ3v) is 4.39. The van der Waals surface area contributed by atoms with Crippen LogP contribution in [-0.2, 0) is 0 Å². The molecule has 0 saturated heterocycles. The summed E-state index contributed by atoms with van der Waals surface area (Å²) < 4.78 is 15.5. The molecule has 0 spiro atoms. The van der Waals surface area contributed by atoms with Crippen molar-refractivity contribution in [2.24, 2.45) is 5.73 Å². The quantitative estimate of drug-likeness (QED) is 0.621. The zero-order valence-electron chi connectivity index (χ0n) is 15.3. The first kappa shape index (κ1) is 19.8. The van der Waals surface area contributed by atoms with E-state index < -0.39 is 23.4 Å². The van der Waals surface area contributed by atoms with E-state index in [1.807, 2.05) is 0 Å². The van der Waals surface area contributed by atoms with Crippen molar-refractivity contribution in [3.8, 4) is 5.69 Å². The predicted molar refractivity (Wildman–Crippen MR) is 108 cm³/mol. The van der Waals surface area contributed by atoms with Crippen molar-refractivity contribution in [3.05, 3.63) is 63.4 Å². The van der Waals surface area contributed by atoms with E-state index in [1.165, 1.54) is 16.7 Å². The van der Waals surface area contributed by atoms with Gasteiger partial charge in [-0.25, -0.2) is 14.2 Å². The van der Waals surface area contributed by atoms with E-state index in [-0.39, 0.29) is 21.9 Å². The van der Waals surface area contributed by atoms with Gasteiger partial charge in [-0.15, -0.1) is 0 Å². The second-order valence-electron chi connectivity index (χ2n) is 6.18. The van der Waals surface area contributed by atoms with Gasteiger partial charge in [0.15, 0.2) is 0 Å². The van der Waals surface area contributed by atoms with Gasteiger partial charge < -0.3 is 16.4 Å². The number of carbonyl (C=O) groups excluding carboxylic acids is 1. The number of nitrogens with two attached hydrogens (primary N) is 1. The Bertz CT molecular complexity index is 1110. The SMILES string of the molecule is CCNC(=O)Nc1cc(-n2c([C@H](C)N)nc3cccc(Cl)c3c2=O)ccc1F. The van der Waals surface area contributed by atoms with Gasteiger partial charge in [-0.1, -0.05) is 17.7 Å². The van der Waals surface area contributed by atoms with Crippen molar-refractivity contribution in [2.45, 2.75) is 19.9 Å². The number of fused-ring (bicyclic) bond motifs is 1. The Balaban J connectivity index is 2.24. The minimum Gasteiger partial charge on any atom is -0.338 e. The highest BCUT2D eigenvalue weighted by atomic mass is 35.5. The summed E-state index contributed by atoms with van der Waals surface area (Å²) >= 11 is 6.20. The van der Waals surface area contributed by atoms with Gasteiger partial charge in [0, 0.05) is 6.54 Å². The van der Waals surface area contributed by atoms with Crippen molar-refractivity contribution < 1.29 is 9.18 Å². The topological polar surface area (TPSA) is 102 Å². The fraction of sp³-hybridized carbons (Fsp3) is 0.211. The summed E-state index contributed by atoms with van der Waals surface area (Å²) in [5.41, 5.74) is 6.24. The fourth-order valence-corrected chi connectivity index (χ4v) is 3.09. The second kappa shape index (κ2) is 7.95. The number of aromatic nitrogens is 2. The van der Waals surface area contributed by atoms with Gasteiger partial charge in [-0.05, 0) is 44.2 Å². The number of amides is 2. The number of urea groups is 1. The average Bonchev–Trinajstić information content (AvgIpc) is 2.63. The summed E-state index contributed by atoms with van der Waals surface area (Å²) in [6.45, 7) is 3.81. The van der Waals surface area contributed by atoms with E-state index in [9.17, 15) is 14.0 Å². The standard InChI is InChI=1S/C19H19ClFN5O2/c1-3-23-19(28)25-15-9-11(7-8-13(15)21)26-17(10(2)22)24-14-6-4-5-12(20)16(14)18(26)27/h4-10H,3,22H2,1-2H3,(H2,23,25,28)/t10-/m0/s1. The Labute approximate surface area is 165 Å². The highest BCUT2D eigenvalue weighted by molar-refractivity contribution is 6.35. The lowest BCUT2D eigenvalue weighted by Gasteiger charge is -2.17. The van der Waals surface area contributed by atoms with Crippen molar-refractivity contribution in [1.82, 2.24) is 14.9 Å². The van der Waals surface area contributed by atoms with Crippen LogP contribution in [0.15, 0.2) is 41.2 Å². The molecule has 1 aromatic heterocycles. The van der Waals surface area contributed by atoms with Crippen LogP contribution in [0.25, 0.3) is 16.6 Å². The van der Waals surface area contributed by atoms with Gasteiger partial charge in [0.25, 0.3) is 5.56 Å². The van der Waals surface area contributed by atoms with E-state index in [1.54, 1.807) is 32.0 Å². The molecule has 146 valence electrons. The van der Waals surface area contributed by atoms with Gasteiger partial charge in [-0.2, -0.15) is 0 Å². The molecular formula is C19H19ClFN5O2. The fourth-order valence-electron chi connectivity index (χ4n) is 2.84. The third-order valence-electron chi connectivity index (χ3n) is 4.07. The van der Waals surface area contributed by atoms with Crippen LogP contribution in [0.3, 0.4) is 0 Å². The molecule has 0 aliphatic carbocycles. The molecule has 0 saturated carbocycles. The van der Waals surface area contributed by atoms with E-state index >= 15 is 0 Å². The number of nitrogens with zero attached hydrogens (tertiary/aromatic N) is 2. The number of hydrogen-bond acceptors (Lipinski definition) is 4. The Morgan fingerprint density at radius 2 is 2.11 bits per heavy atom. The van der Waals surface area contributed by atoms with Crippen LogP contribution in [-0.4, -0.2) is 22.1 Å². The Morgan fingerprint density at radius 3 is 2.79 bits per heavy atom. The molecule has 3 aromatic rings. The zero-order chi connectivity index (χ0) is 20.4. The number of nitrogens with one attached hydrogen (secondary N) is 2. The molecule has 0 unspecified atom stereocenters. The van der Waals surface area contributed by atoms with Gasteiger partial charge >= 0.3 is 6.03 Å². The number of hydrogen-bond donors (Lipinski definition) is 3. The molecule has 1 heterocycles. The summed E-state index contributed by atoms with van der Waals surface area (Å²) in [7, 11) is 0. The van der Waals surface area contributed by atoms with Crippen LogP contribution >= 0.6 is 11.6 Å². The van der Waals surface area contributed by atoms with Gasteiger partial charge in [0.1, 0.15) is 11.6 Å². The minimum atomic E-state index is -0.642. The molecule has 7 nitrogen and oxygen atoms in total. The summed E-state index contributed by atoms with van der Waals surface area (Å²) in [4.78, 5) is 29.4. The van der Waals surface area contributed by atoms with Crippen LogP contribution in [0, 0.1) is 5.82 Å². The summed E-state index contributed by atoms with van der Waals surface area (Å²) in [6, 6.07) is 7.74. The molecule has 3 rings (SSSR count). The van der Waals surface area contributed by atoms with Crippen molar-refractivity contribution >= 4 is 34.2 Å². The smallest absolute Gasteiger partial charge is 0.319 e. The zero-order valence-corrected chi connectivity index (χ0v) is 16.0. The van der Waals surface area contributed by atoms with Crippen LogP contribution in [0.2, 0.25) is 5.02 Å². The number of carbonyl (C=O) groups is 1. The highest BCUT2D eigenvalue weighted by Crippen LogP contribution is 2.24. The first-order chi connectivity index (χ1) is 13.3. The van der Waals surface area contributed by atoms with E-state index in [2.05, 4.69) is 15.6 Å². The van der Waals surface area contributed by atoms with Crippen LogP contribution in [0.5, 0.6) is 0 Å². The molecule has 0 aliphatic rings. The number of benzene rings is 2. The molecule has 2 aromatic carbocycles. The normalized spacial score (nSPS) is 12.0. The van der Waals surface area contributed by atoms with Gasteiger partial charge in [0.05, 0.1) is 33.3 Å². The molecule has 2 amide bonds. The van der Waals surface area contributed by atoms with E-state index in [0.29, 0.717) is 17.7 Å². The second-order valence-corrected chi connectivity index (χ2v) is 6.59. The maximum Gasteiger partial charge on any atom is 0.319 e. The Morgan fingerprint density at radius 1 is 1.36 bits per heavy atom. The minimum absolute atomic E-state index is 0.0785. The van der Waals surface area contributed by atoms with Crippen LogP contribution < -0.4 is 21.9 Å². The number of rotatable bonds is 4. The molecule has 4 N–H and O–H groups in total. The monoisotopic (exact) mass is 403 g/mol. The van der Waals surface area contributed by atoms with Gasteiger partial charge in [-0.3, -0.25) is 9.36 Å². The van der Waals surface area contributed by atoms with Crippen molar-refractivity contribution in [1.29, 1.82) is 0 Å². The largest absolute Gasteiger partial charge is 0.338 e. The van der Waals surface area contributed by atoms with Crippen LogP contribution in [0.1, 0.15) is 25.7 Å². The van der Waals surface area contributed by atoms with E-state index in [4.69, 9.17) is 17.3 Å². The van der Waals surface area contributed by atoms with Crippen molar-refractivity contribution in [3.63, 3.8) is 0 Å². The Kier molecular flexibility index (Phi) is 5.62. The molecule has 28 heavy (non-hydrogen) atoms. The molecule has 0 aliphatic heterocycles. The van der Waals surface area contributed by atoms with Crippen LogP contribution in [0.4, 0.5) is 14.9 Å². The molecule has 1 atom stereocenters. The Hall–Kier alpha value is -2.97. The summed E-state index contributed by atoms with van der Waals surface area (Å²) in [6.07, 6.45) is 0. The van der Waals surface area contributed by atoms with Crippen molar-refractivity contribution in [2.75, 3.05) is 11.9 Å². The highest BCUT2D eigenvalue weighted by Gasteiger charge is 2.18. The molecule has 0 radical (unpaired) electrons. The van der Waals surface area contributed by atoms with E-state index in [0.717, 1.165) is 6.07 Å². The first-order valence-electron chi connectivity index (χ1n) is 8.65. The number of anilines is 1. The average molecular weight is 404 g/mol.